The lowest BCUT2D eigenvalue weighted by atomic mass is 10.2. The molecule has 2 aromatic carbocycles. The van der Waals surface area contributed by atoms with Crippen LogP contribution in [0.3, 0.4) is 0 Å². The van der Waals surface area contributed by atoms with Crippen molar-refractivity contribution in [2.24, 2.45) is 0 Å². The number of carbonyl (C=O) groups is 3. The Kier molecular flexibility index (Phi) is 12.0. The molecule has 0 aliphatic rings. The number of hydrogen-bond acceptors (Lipinski definition) is 9. The maximum atomic E-state index is 12.4. The largest absolute Gasteiger partial charge is 0.491 e. The van der Waals surface area contributed by atoms with Crippen LogP contribution in [0.1, 0.15) is 29.3 Å². The van der Waals surface area contributed by atoms with Gasteiger partial charge in [0.25, 0.3) is 0 Å². The maximum Gasteiger partial charge on any atom is 0.343 e. The van der Waals surface area contributed by atoms with Gasteiger partial charge in [-0.25, -0.2) is 14.4 Å². The Balaban J connectivity index is 1.71. The molecule has 0 bridgehead atoms. The van der Waals surface area contributed by atoms with E-state index in [1.807, 2.05) is 6.07 Å². The SMILES string of the molecule is C=C(C)C(=O)OCCOCCOc1ccc(C(=O)Oc2ccc(/C=C/C(=O)OCCC#N)cc2)cc1. The molecule has 9 nitrogen and oxygen atoms in total. The van der Waals surface area contributed by atoms with Crippen molar-refractivity contribution in [1.29, 1.82) is 5.26 Å². The van der Waals surface area contributed by atoms with Gasteiger partial charge in [0.15, 0.2) is 0 Å². The Labute approximate surface area is 209 Å². The van der Waals surface area contributed by atoms with Gasteiger partial charge in [-0.1, -0.05) is 18.7 Å². The normalized spacial score (nSPS) is 10.3. The molecule has 9 heteroatoms. The van der Waals surface area contributed by atoms with Crippen LogP contribution in [-0.4, -0.2) is 50.9 Å². The van der Waals surface area contributed by atoms with Crippen molar-refractivity contribution < 1.29 is 38.1 Å². The number of benzene rings is 2. The van der Waals surface area contributed by atoms with Gasteiger partial charge in [0, 0.05) is 11.6 Å². The quantitative estimate of drug-likeness (QED) is 0.167. The Hall–Kier alpha value is -4.42. The zero-order valence-corrected chi connectivity index (χ0v) is 19.9. The van der Waals surface area contributed by atoms with E-state index in [4.69, 9.17) is 28.9 Å². The second kappa shape index (κ2) is 15.5. The summed E-state index contributed by atoms with van der Waals surface area (Å²) in [4.78, 5) is 35.1. The Bertz CT molecular complexity index is 1100. The van der Waals surface area contributed by atoms with Crippen molar-refractivity contribution in [3.05, 3.63) is 77.9 Å². The zero-order chi connectivity index (χ0) is 26.2. The molecular weight excluding hydrogens is 466 g/mol. The zero-order valence-electron chi connectivity index (χ0n) is 19.9. The van der Waals surface area contributed by atoms with Gasteiger partial charge in [-0.3, -0.25) is 0 Å². The minimum Gasteiger partial charge on any atom is -0.491 e. The second-order valence-corrected chi connectivity index (χ2v) is 7.27. The van der Waals surface area contributed by atoms with Crippen molar-refractivity contribution >= 4 is 24.0 Å². The van der Waals surface area contributed by atoms with Crippen molar-refractivity contribution in [3.8, 4) is 17.6 Å². The summed E-state index contributed by atoms with van der Waals surface area (Å²) in [7, 11) is 0. The Morgan fingerprint density at radius 1 is 0.889 bits per heavy atom. The number of nitriles is 1. The fourth-order valence-electron chi connectivity index (χ4n) is 2.55. The van der Waals surface area contributed by atoms with Gasteiger partial charge in [-0.05, 0) is 55.0 Å². The molecule has 0 saturated heterocycles. The van der Waals surface area contributed by atoms with Crippen LogP contribution in [-0.2, 0) is 23.8 Å². The molecule has 0 atom stereocenters. The van der Waals surface area contributed by atoms with Gasteiger partial charge in [0.05, 0.1) is 31.3 Å². The highest BCUT2D eigenvalue weighted by molar-refractivity contribution is 5.91. The van der Waals surface area contributed by atoms with Crippen LogP contribution in [0.4, 0.5) is 0 Å². The van der Waals surface area contributed by atoms with Gasteiger partial charge in [-0.15, -0.1) is 0 Å². The third-order valence-electron chi connectivity index (χ3n) is 4.36. The molecule has 0 heterocycles. The van der Waals surface area contributed by atoms with E-state index in [1.54, 1.807) is 61.5 Å². The lowest BCUT2D eigenvalue weighted by Crippen LogP contribution is -2.14. The Morgan fingerprint density at radius 2 is 1.56 bits per heavy atom. The summed E-state index contributed by atoms with van der Waals surface area (Å²) in [5.41, 5.74) is 1.40. The molecule has 0 radical (unpaired) electrons. The smallest absolute Gasteiger partial charge is 0.343 e. The van der Waals surface area contributed by atoms with Crippen molar-refractivity contribution in [2.45, 2.75) is 13.3 Å². The molecule has 0 aliphatic carbocycles. The van der Waals surface area contributed by atoms with Gasteiger partial charge < -0.3 is 23.7 Å². The first-order valence-corrected chi connectivity index (χ1v) is 11.1. The van der Waals surface area contributed by atoms with E-state index in [0.717, 1.165) is 0 Å². The molecule has 0 fully saturated rings. The van der Waals surface area contributed by atoms with E-state index in [2.05, 4.69) is 6.58 Å². The number of ether oxygens (including phenoxy) is 5. The predicted octanol–water partition coefficient (Wildman–Crippen LogP) is 3.89. The lowest BCUT2D eigenvalue weighted by Gasteiger charge is -2.09. The molecule has 0 aromatic heterocycles. The van der Waals surface area contributed by atoms with Crippen LogP contribution in [0.2, 0.25) is 0 Å². The number of rotatable bonds is 14. The number of nitrogens with zero attached hydrogens (tertiary/aromatic N) is 1. The molecule has 2 aromatic rings. The third-order valence-corrected chi connectivity index (χ3v) is 4.36. The topological polar surface area (TPSA) is 121 Å². The predicted molar refractivity (Wildman–Crippen MR) is 130 cm³/mol. The minimum absolute atomic E-state index is 0.0481. The van der Waals surface area contributed by atoms with Crippen molar-refractivity contribution in [3.63, 3.8) is 0 Å². The fourth-order valence-corrected chi connectivity index (χ4v) is 2.55. The Morgan fingerprint density at radius 3 is 2.22 bits per heavy atom. The molecule has 0 N–H and O–H groups in total. The standard InChI is InChI=1S/C27H27NO8/c1-20(2)26(30)35-19-17-32-16-18-33-23-11-7-22(8-12-23)27(31)36-24-9-4-21(5-10-24)6-13-25(29)34-15-3-14-28/h4-13H,1,3,15-19H2,2H3/b13-6+. The highest BCUT2D eigenvalue weighted by Crippen LogP contribution is 2.17. The maximum absolute atomic E-state index is 12.4. The highest BCUT2D eigenvalue weighted by atomic mass is 16.6. The summed E-state index contributed by atoms with van der Waals surface area (Å²) in [6.45, 7) is 6.10. The van der Waals surface area contributed by atoms with E-state index >= 15 is 0 Å². The summed E-state index contributed by atoms with van der Waals surface area (Å²) in [6, 6.07) is 14.9. The van der Waals surface area contributed by atoms with Crippen LogP contribution in [0, 0.1) is 11.3 Å². The summed E-state index contributed by atoms with van der Waals surface area (Å²) < 4.78 is 26.0. The van der Waals surface area contributed by atoms with Crippen molar-refractivity contribution in [1.82, 2.24) is 0 Å². The second-order valence-electron chi connectivity index (χ2n) is 7.27. The van der Waals surface area contributed by atoms with E-state index in [0.29, 0.717) is 34.8 Å². The van der Waals surface area contributed by atoms with Crippen LogP contribution in [0.5, 0.6) is 11.5 Å². The molecule has 0 saturated carbocycles. The molecule has 36 heavy (non-hydrogen) atoms. The first-order valence-electron chi connectivity index (χ1n) is 11.1. The number of hydrogen-bond donors (Lipinski definition) is 0. The first-order chi connectivity index (χ1) is 17.4. The number of carbonyl (C=O) groups excluding carboxylic acids is 3. The molecule has 2 rings (SSSR count). The third kappa shape index (κ3) is 10.7. The number of esters is 3. The average molecular weight is 494 g/mol. The van der Waals surface area contributed by atoms with Crippen LogP contribution in [0.25, 0.3) is 6.08 Å². The molecule has 0 unspecified atom stereocenters. The molecule has 0 amide bonds. The van der Waals surface area contributed by atoms with Crippen molar-refractivity contribution in [2.75, 3.05) is 33.0 Å². The first kappa shape index (κ1) is 27.8. The minimum atomic E-state index is -0.540. The lowest BCUT2D eigenvalue weighted by molar-refractivity contribution is -0.140. The van der Waals surface area contributed by atoms with Gasteiger partial charge in [0.1, 0.15) is 31.3 Å². The summed E-state index contributed by atoms with van der Waals surface area (Å²) >= 11 is 0. The molecule has 188 valence electrons. The van der Waals surface area contributed by atoms with Crippen LogP contribution < -0.4 is 9.47 Å². The monoisotopic (exact) mass is 493 g/mol. The summed E-state index contributed by atoms with van der Waals surface area (Å²) in [5.74, 6) is -0.613. The van der Waals surface area contributed by atoms with E-state index in [-0.39, 0.29) is 32.8 Å². The van der Waals surface area contributed by atoms with Gasteiger partial charge in [-0.2, -0.15) is 5.26 Å². The highest BCUT2D eigenvalue weighted by Gasteiger charge is 2.09. The van der Waals surface area contributed by atoms with Gasteiger partial charge >= 0.3 is 17.9 Å². The van der Waals surface area contributed by atoms with E-state index in [1.165, 1.54) is 6.08 Å². The molecular formula is C27H27NO8. The molecule has 0 aliphatic heterocycles. The van der Waals surface area contributed by atoms with Gasteiger partial charge in [0.2, 0.25) is 0 Å². The molecule has 0 spiro atoms. The van der Waals surface area contributed by atoms with Crippen LogP contribution in [0.15, 0.2) is 66.8 Å². The van der Waals surface area contributed by atoms with E-state index in [9.17, 15) is 14.4 Å². The average Bonchev–Trinajstić information content (AvgIpc) is 2.88. The fraction of sp³-hybridized carbons (Fsp3) is 0.259. The summed E-state index contributed by atoms with van der Waals surface area (Å²) in [6.07, 6.45) is 2.96. The van der Waals surface area contributed by atoms with E-state index < -0.39 is 17.9 Å². The van der Waals surface area contributed by atoms with Crippen LogP contribution >= 0.6 is 0 Å². The summed E-state index contributed by atoms with van der Waals surface area (Å²) in [5, 5.41) is 8.43.